The first-order valence-corrected chi connectivity index (χ1v) is 9.54. The summed E-state index contributed by atoms with van der Waals surface area (Å²) in [6.07, 6.45) is 9.21. The number of nitrogens with one attached hydrogen (secondary N) is 2. The summed E-state index contributed by atoms with van der Waals surface area (Å²) in [5.74, 6) is 1.93. The van der Waals surface area contributed by atoms with Crippen molar-refractivity contribution in [3.05, 3.63) is 42.4 Å². The van der Waals surface area contributed by atoms with Crippen LogP contribution < -0.4 is 15.5 Å². The minimum absolute atomic E-state index is 0.651. The molecule has 0 amide bonds. The molecule has 7 heteroatoms. The van der Waals surface area contributed by atoms with Crippen molar-refractivity contribution in [2.75, 3.05) is 31.1 Å². The van der Waals surface area contributed by atoms with Crippen molar-refractivity contribution in [2.24, 2.45) is 4.99 Å². The van der Waals surface area contributed by atoms with Gasteiger partial charge in [0.1, 0.15) is 5.82 Å². The van der Waals surface area contributed by atoms with E-state index in [1.54, 1.807) is 0 Å². The van der Waals surface area contributed by atoms with Crippen LogP contribution >= 0.6 is 0 Å². The van der Waals surface area contributed by atoms with Crippen LogP contribution in [0.3, 0.4) is 0 Å². The number of aryl methyl sites for hydroxylation is 1. The lowest BCUT2D eigenvalue weighted by Crippen LogP contribution is -2.38. The average molecular weight is 355 g/mol. The maximum absolute atomic E-state index is 4.71. The van der Waals surface area contributed by atoms with E-state index in [4.69, 9.17) is 4.99 Å². The number of nitrogens with zero attached hydrogens (tertiary/aromatic N) is 5. The van der Waals surface area contributed by atoms with E-state index < -0.39 is 0 Å². The molecule has 1 aliphatic heterocycles. The van der Waals surface area contributed by atoms with Crippen molar-refractivity contribution in [1.82, 2.24) is 25.4 Å². The highest BCUT2D eigenvalue weighted by molar-refractivity contribution is 5.79. The molecule has 2 aromatic rings. The first-order chi connectivity index (χ1) is 12.8. The maximum Gasteiger partial charge on any atom is 0.191 e. The normalized spacial score (nSPS) is 14.7. The van der Waals surface area contributed by atoms with Crippen LogP contribution in [0.15, 0.2) is 41.8 Å². The largest absolute Gasteiger partial charge is 0.357 e. The smallest absolute Gasteiger partial charge is 0.191 e. The lowest BCUT2D eigenvalue weighted by atomic mass is 10.2. The number of guanidine groups is 1. The fraction of sp³-hybridized carbons (Fsp3) is 0.526. The quantitative estimate of drug-likeness (QED) is 0.431. The van der Waals surface area contributed by atoms with Gasteiger partial charge in [-0.3, -0.25) is 4.68 Å². The highest BCUT2D eigenvalue weighted by Crippen LogP contribution is 2.18. The number of rotatable bonds is 8. The molecule has 2 aromatic heterocycles. The summed E-state index contributed by atoms with van der Waals surface area (Å²) in [5.41, 5.74) is 1.19. The number of anilines is 1. The van der Waals surface area contributed by atoms with Crippen LogP contribution in [0, 0.1) is 0 Å². The Morgan fingerprint density at radius 2 is 2.12 bits per heavy atom. The van der Waals surface area contributed by atoms with Crippen molar-refractivity contribution in [1.29, 1.82) is 0 Å². The summed E-state index contributed by atoms with van der Waals surface area (Å²) in [4.78, 5) is 11.6. The Morgan fingerprint density at radius 1 is 1.23 bits per heavy atom. The van der Waals surface area contributed by atoms with Gasteiger partial charge in [-0.1, -0.05) is 0 Å². The van der Waals surface area contributed by atoms with Crippen LogP contribution in [0.25, 0.3) is 0 Å². The van der Waals surface area contributed by atoms with E-state index in [0.29, 0.717) is 6.54 Å². The van der Waals surface area contributed by atoms with E-state index in [2.05, 4.69) is 38.6 Å². The molecule has 1 saturated heterocycles. The van der Waals surface area contributed by atoms with Crippen molar-refractivity contribution < 1.29 is 0 Å². The standard InChI is InChI=1S/C19H29N7/c1-2-20-19(22-8-5-13-26-14-6-9-24-26)23-16-17-7-10-21-18(15-17)25-11-3-4-12-25/h6-7,9-10,14-15H,2-5,8,11-13,16H2,1H3,(H2,20,22,23). The van der Waals surface area contributed by atoms with Gasteiger partial charge in [0.2, 0.25) is 0 Å². The Bertz CT molecular complexity index is 675. The van der Waals surface area contributed by atoms with Gasteiger partial charge in [0, 0.05) is 51.3 Å². The monoisotopic (exact) mass is 355 g/mol. The second-order valence-electron chi connectivity index (χ2n) is 6.46. The van der Waals surface area contributed by atoms with Gasteiger partial charge >= 0.3 is 0 Å². The fourth-order valence-electron chi connectivity index (χ4n) is 3.07. The zero-order valence-corrected chi connectivity index (χ0v) is 15.6. The molecular weight excluding hydrogens is 326 g/mol. The summed E-state index contributed by atoms with van der Waals surface area (Å²) >= 11 is 0. The van der Waals surface area contributed by atoms with Gasteiger partial charge in [-0.05, 0) is 49.9 Å². The van der Waals surface area contributed by atoms with Gasteiger partial charge in [-0.15, -0.1) is 0 Å². The molecule has 140 valence electrons. The summed E-state index contributed by atoms with van der Waals surface area (Å²) in [5, 5.41) is 10.9. The molecule has 0 saturated carbocycles. The van der Waals surface area contributed by atoms with Crippen molar-refractivity contribution >= 4 is 11.8 Å². The van der Waals surface area contributed by atoms with Gasteiger partial charge in [0.25, 0.3) is 0 Å². The van der Waals surface area contributed by atoms with E-state index in [0.717, 1.165) is 50.9 Å². The molecule has 1 fully saturated rings. The number of hydrogen-bond donors (Lipinski definition) is 2. The number of hydrogen-bond acceptors (Lipinski definition) is 4. The van der Waals surface area contributed by atoms with E-state index >= 15 is 0 Å². The van der Waals surface area contributed by atoms with Gasteiger partial charge in [-0.2, -0.15) is 5.10 Å². The van der Waals surface area contributed by atoms with Crippen molar-refractivity contribution in [2.45, 2.75) is 39.3 Å². The predicted molar refractivity (Wildman–Crippen MR) is 105 cm³/mol. The lowest BCUT2D eigenvalue weighted by Gasteiger charge is -2.16. The molecule has 3 rings (SSSR count). The zero-order chi connectivity index (χ0) is 18.0. The zero-order valence-electron chi connectivity index (χ0n) is 15.6. The maximum atomic E-state index is 4.71. The third kappa shape index (κ3) is 5.47. The van der Waals surface area contributed by atoms with Crippen LogP contribution in [0.4, 0.5) is 5.82 Å². The second-order valence-corrected chi connectivity index (χ2v) is 6.46. The summed E-state index contributed by atoms with van der Waals surface area (Å²) < 4.78 is 1.95. The Kier molecular flexibility index (Phi) is 6.87. The molecule has 0 unspecified atom stereocenters. The Hall–Kier alpha value is -2.57. The first kappa shape index (κ1) is 18.2. The molecule has 0 radical (unpaired) electrons. The SMILES string of the molecule is CCNC(=NCc1ccnc(N2CCCC2)c1)NCCCn1cccn1. The molecule has 26 heavy (non-hydrogen) atoms. The third-order valence-corrected chi connectivity index (χ3v) is 4.42. The molecule has 0 aliphatic carbocycles. The highest BCUT2D eigenvalue weighted by Gasteiger charge is 2.13. The fourth-order valence-corrected chi connectivity index (χ4v) is 3.07. The molecule has 0 aromatic carbocycles. The van der Waals surface area contributed by atoms with Crippen LogP contribution in [0.2, 0.25) is 0 Å². The Morgan fingerprint density at radius 3 is 2.88 bits per heavy atom. The van der Waals surface area contributed by atoms with Crippen LogP contribution in [0.1, 0.15) is 31.7 Å². The Labute approximate surface area is 155 Å². The molecule has 2 N–H and O–H groups in total. The van der Waals surface area contributed by atoms with Crippen molar-refractivity contribution in [3.63, 3.8) is 0 Å². The van der Waals surface area contributed by atoms with E-state index in [9.17, 15) is 0 Å². The minimum atomic E-state index is 0.651. The lowest BCUT2D eigenvalue weighted by molar-refractivity contribution is 0.570. The summed E-state index contributed by atoms with van der Waals surface area (Å²) in [7, 11) is 0. The second kappa shape index (κ2) is 9.79. The Balaban J connectivity index is 1.50. The predicted octanol–water partition coefficient (Wildman–Crippen LogP) is 2.02. The molecule has 0 atom stereocenters. The van der Waals surface area contributed by atoms with Gasteiger partial charge in [0.15, 0.2) is 5.96 Å². The number of pyridine rings is 1. The number of aromatic nitrogens is 3. The first-order valence-electron chi connectivity index (χ1n) is 9.54. The van der Waals surface area contributed by atoms with Crippen molar-refractivity contribution in [3.8, 4) is 0 Å². The molecule has 1 aliphatic rings. The van der Waals surface area contributed by atoms with Crippen LogP contribution in [0.5, 0.6) is 0 Å². The molecular formula is C19H29N7. The molecule has 0 spiro atoms. The molecule has 0 bridgehead atoms. The summed E-state index contributed by atoms with van der Waals surface area (Å²) in [6.45, 7) is 7.57. The average Bonchev–Trinajstić information content (AvgIpc) is 3.37. The van der Waals surface area contributed by atoms with E-state index in [1.807, 2.05) is 35.4 Å². The molecule has 7 nitrogen and oxygen atoms in total. The van der Waals surface area contributed by atoms with Gasteiger partial charge in [0.05, 0.1) is 6.54 Å². The van der Waals surface area contributed by atoms with Crippen LogP contribution in [-0.2, 0) is 13.1 Å². The van der Waals surface area contributed by atoms with E-state index in [1.165, 1.54) is 18.4 Å². The van der Waals surface area contributed by atoms with E-state index in [-0.39, 0.29) is 0 Å². The third-order valence-electron chi connectivity index (χ3n) is 4.42. The van der Waals surface area contributed by atoms with Crippen LogP contribution in [-0.4, -0.2) is 46.9 Å². The van der Waals surface area contributed by atoms with Gasteiger partial charge in [-0.25, -0.2) is 9.98 Å². The topological polar surface area (TPSA) is 70.4 Å². The molecule has 3 heterocycles. The number of aliphatic imine (C=N–C) groups is 1. The minimum Gasteiger partial charge on any atom is -0.357 e. The summed E-state index contributed by atoms with van der Waals surface area (Å²) in [6, 6.07) is 6.16. The highest BCUT2D eigenvalue weighted by atomic mass is 15.3. The van der Waals surface area contributed by atoms with Gasteiger partial charge < -0.3 is 15.5 Å².